The third-order valence-corrected chi connectivity index (χ3v) is 5.83. The number of likely N-dealkylation sites (tertiary alicyclic amines) is 1. The zero-order valence-corrected chi connectivity index (χ0v) is 16.6. The molecular weight excluding hydrogens is 358 g/mol. The van der Waals surface area contributed by atoms with Crippen LogP contribution in [-0.2, 0) is 4.79 Å². The van der Waals surface area contributed by atoms with Crippen LogP contribution in [0.15, 0.2) is 46.5 Å². The molecule has 0 spiro atoms. The van der Waals surface area contributed by atoms with E-state index in [9.17, 15) is 9.59 Å². The Morgan fingerprint density at radius 3 is 2.70 bits per heavy atom. The Hall–Kier alpha value is -2.34. The van der Waals surface area contributed by atoms with E-state index < -0.39 is 0 Å². The first-order valence-electron chi connectivity index (χ1n) is 9.30. The molecule has 0 aliphatic carbocycles. The summed E-state index contributed by atoms with van der Waals surface area (Å²) >= 11 is 1.49. The minimum absolute atomic E-state index is 0.115. The molecule has 1 fully saturated rings. The Kier molecular flexibility index (Phi) is 6.50. The summed E-state index contributed by atoms with van der Waals surface area (Å²) in [7, 11) is 0. The van der Waals surface area contributed by atoms with Crippen LogP contribution in [-0.4, -0.2) is 41.3 Å². The third kappa shape index (κ3) is 5.10. The molecule has 2 heterocycles. The van der Waals surface area contributed by atoms with E-state index in [2.05, 4.69) is 42.3 Å². The summed E-state index contributed by atoms with van der Waals surface area (Å²) in [5, 5.41) is 3.54. The largest absolute Gasteiger partial charge is 0.351 e. The molecule has 0 radical (unpaired) electrons. The summed E-state index contributed by atoms with van der Waals surface area (Å²) in [5.74, 6) is -0.0755. The number of carbonyl (C=O) groups is 2. The lowest BCUT2D eigenvalue weighted by Gasteiger charge is -2.15. The van der Waals surface area contributed by atoms with Crippen LogP contribution in [0.2, 0.25) is 0 Å². The Morgan fingerprint density at radius 1 is 1.19 bits per heavy atom. The number of nitrogens with one attached hydrogen (secondary N) is 1. The van der Waals surface area contributed by atoms with Gasteiger partial charge >= 0.3 is 0 Å². The summed E-state index contributed by atoms with van der Waals surface area (Å²) in [6, 6.07) is 9.77. The second kappa shape index (κ2) is 9.04. The summed E-state index contributed by atoms with van der Waals surface area (Å²) in [6.45, 7) is 6.14. The molecule has 6 heteroatoms. The fraction of sp³-hybridized carbons (Fsp3) is 0.381. The van der Waals surface area contributed by atoms with Gasteiger partial charge in [0.1, 0.15) is 5.03 Å². The quantitative estimate of drug-likeness (QED) is 0.828. The van der Waals surface area contributed by atoms with Gasteiger partial charge in [-0.3, -0.25) is 9.59 Å². The molecule has 0 saturated carbocycles. The van der Waals surface area contributed by atoms with Crippen LogP contribution >= 0.6 is 11.8 Å². The molecule has 1 saturated heterocycles. The molecule has 1 N–H and O–H groups in total. The number of hydrogen-bond acceptors (Lipinski definition) is 4. The maximum atomic E-state index is 12.6. The molecule has 2 aromatic rings. The zero-order valence-electron chi connectivity index (χ0n) is 15.8. The van der Waals surface area contributed by atoms with Crippen molar-refractivity contribution in [3.05, 3.63) is 53.2 Å². The summed E-state index contributed by atoms with van der Waals surface area (Å²) in [6.07, 6.45) is 4.19. The fourth-order valence-corrected chi connectivity index (χ4v) is 4.11. The lowest BCUT2D eigenvalue weighted by molar-refractivity contribution is -0.129. The monoisotopic (exact) mass is 383 g/mol. The van der Waals surface area contributed by atoms with Crippen LogP contribution < -0.4 is 5.32 Å². The molecule has 142 valence electrons. The van der Waals surface area contributed by atoms with Crippen LogP contribution in [0.1, 0.15) is 40.7 Å². The topological polar surface area (TPSA) is 62.3 Å². The third-order valence-electron chi connectivity index (χ3n) is 4.64. The highest BCUT2D eigenvalue weighted by atomic mass is 32.2. The van der Waals surface area contributed by atoms with Gasteiger partial charge in [-0.15, -0.1) is 0 Å². The fourth-order valence-electron chi connectivity index (χ4n) is 3.17. The van der Waals surface area contributed by atoms with E-state index in [0.717, 1.165) is 36.4 Å². The molecular formula is C21H25N3O2S. The minimum Gasteiger partial charge on any atom is -0.351 e. The number of benzene rings is 1. The number of pyridine rings is 1. The lowest BCUT2D eigenvalue weighted by atomic mass is 10.2. The number of nitrogens with zero attached hydrogens (tertiary/aromatic N) is 2. The van der Waals surface area contributed by atoms with Crippen LogP contribution in [0.25, 0.3) is 0 Å². The highest BCUT2D eigenvalue weighted by Gasteiger charge is 2.18. The van der Waals surface area contributed by atoms with E-state index in [0.29, 0.717) is 23.6 Å². The van der Waals surface area contributed by atoms with Gasteiger partial charge in [0.2, 0.25) is 5.91 Å². The zero-order chi connectivity index (χ0) is 19.2. The second-order valence-electron chi connectivity index (χ2n) is 6.82. The Bertz CT molecular complexity index is 832. The van der Waals surface area contributed by atoms with Crippen molar-refractivity contribution in [2.75, 3.05) is 19.6 Å². The first-order chi connectivity index (χ1) is 13.0. The van der Waals surface area contributed by atoms with E-state index in [1.165, 1.54) is 17.3 Å². The van der Waals surface area contributed by atoms with E-state index in [4.69, 9.17) is 0 Å². The molecule has 0 unspecified atom stereocenters. The maximum Gasteiger partial charge on any atom is 0.254 e. The smallest absolute Gasteiger partial charge is 0.254 e. The van der Waals surface area contributed by atoms with E-state index in [-0.39, 0.29) is 11.8 Å². The van der Waals surface area contributed by atoms with Crippen molar-refractivity contribution in [2.24, 2.45) is 0 Å². The number of aromatic nitrogens is 1. The van der Waals surface area contributed by atoms with Gasteiger partial charge in [0.25, 0.3) is 5.91 Å². The van der Waals surface area contributed by atoms with Crippen LogP contribution in [0.3, 0.4) is 0 Å². The minimum atomic E-state index is -0.190. The van der Waals surface area contributed by atoms with Crippen molar-refractivity contribution < 1.29 is 9.59 Å². The van der Waals surface area contributed by atoms with Crippen LogP contribution in [0.5, 0.6) is 0 Å². The van der Waals surface area contributed by atoms with Gasteiger partial charge in [-0.05, 0) is 50.5 Å². The summed E-state index contributed by atoms with van der Waals surface area (Å²) in [4.78, 5) is 32.0. The molecule has 0 atom stereocenters. The number of hydrogen-bond donors (Lipinski definition) is 1. The molecule has 0 bridgehead atoms. The molecule has 1 aliphatic rings. The number of amides is 2. The molecule has 27 heavy (non-hydrogen) atoms. The normalized spacial score (nSPS) is 13.6. The van der Waals surface area contributed by atoms with Gasteiger partial charge in [0, 0.05) is 37.1 Å². The van der Waals surface area contributed by atoms with Gasteiger partial charge in [0.15, 0.2) is 0 Å². The Labute approximate surface area is 164 Å². The molecule has 5 nitrogen and oxygen atoms in total. The van der Waals surface area contributed by atoms with Crippen molar-refractivity contribution in [2.45, 2.75) is 43.0 Å². The van der Waals surface area contributed by atoms with E-state index in [1.807, 2.05) is 4.90 Å². The molecule has 1 aliphatic heterocycles. The summed E-state index contributed by atoms with van der Waals surface area (Å²) in [5.41, 5.74) is 2.91. The highest BCUT2D eigenvalue weighted by Crippen LogP contribution is 2.31. The number of carbonyl (C=O) groups excluding carboxylic acids is 2. The van der Waals surface area contributed by atoms with Crippen LogP contribution in [0.4, 0.5) is 0 Å². The van der Waals surface area contributed by atoms with E-state index in [1.54, 1.807) is 18.3 Å². The predicted octanol–water partition coefficient (Wildman–Crippen LogP) is 3.59. The van der Waals surface area contributed by atoms with Crippen molar-refractivity contribution in [1.82, 2.24) is 15.2 Å². The standard InChI is InChI=1S/C21H25N3O2S/c1-15-7-8-18(16(2)14-15)27-21-17(6-5-10-23-21)20(26)22-11-9-19(25)24-12-3-4-13-24/h5-8,10,14H,3-4,9,11-13H2,1-2H3,(H,22,26). The predicted molar refractivity (Wildman–Crippen MR) is 107 cm³/mol. The van der Waals surface area contributed by atoms with E-state index >= 15 is 0 Å². The van der Waals surface area contributed by atoms with Crippen molar-refractivity contribution in [3.63, 3.8) is 0 Å². The first-order valence-corrected chi connectivity index (χ1v) is 10.1. The van der Waals surface area contributed by atoms with Crippen LogP contribution in [0, 0.1) is 13.8 Å². The SMILES string of the molecule is Cc1ccc(Sc2ncccc2C(=O)NCCC(=O)N2CCCC2)c(C)c1. The van der Waals surface area contributed by atoms with Gasteiger partial charge in [-0.1, -0.05) is 29.5 Å². The van der Waals surface area contributed by atoms with Crippen molar-refractivity contribution >= 4 is 23.6 Å². The van der Waals surface area contributed by atoms with Crippen molar-refractivity contribution in [1.29, 1.82) is 0 Å². The Morgan fingerprint density at radius 2 is 1.96 bits per heavy atom. The number of rotatable bonds is 6. The van der Waals surface area contributed by atoms with Gasteiger partial charge < -0.3 is 10.2 Å². The highest BCUT2D eigenvalue weighted by molar-refractivity contribution is 7.99. The maximum absolute atomic E-state index is 12.6. The molecule has 2 amide bonds. The lowest BCUT2D eigenvalue weighted by Crippen LogP contribution is -2.32. The van der Waals surface area contributed by atoms with Gasteiger partial charge in [-0.2, -0.15) is 0 Å². The average Bonchev–Trinajstić information content (AvgIpc) is 3.19. The van der Waals surface area contributed by atoms with Gasteiger partial charge in [-0.25, -0.2) is 4.98 Å². The molecule has 3 rings (SSSR count). The molecule has 1 aromatic heterocycles. The summed E-state index contributed by atoms with van der Waals surface area (Å²) < 4.78 is 0. The second-order valence-corrected chi connectivity index (χ2v) is 7.85. The first kappa shape index (κ1) is 19.4. The number of aryl methyl sites for hydroxylation is 2. The van der Waals surface area contributed by atoms with Gasteiger partial charge in [0.05, 0.1) is 5.56 Å². The van der Waals surface area contributed by atoms with Crippen molar-refractivity contribution in [3.8, 4) is 0 Å². The Balaban J connectivity index is 1.62. The average molecular weight is 384 g/mol. The molecule has 1 aromatic carbocycles.